The van der Waals surface area contributed by atoms with Crippen LogP contribution in [0.25, 0.3) is 0 Å². The molecule has 2 N–H and O–H groups in total. The molecule has 2 aromatic rings. The average molecular weight is 273 g/mol. The third kappa shape index (κ3) is 1.49. The molecule has 1 saturated heterocycles. The molecule has 20 heavy (non-hydrogen) atoms. The molecule has 0 radical (unpaired) electrons. The zero-order chi connectivity index (χ0) is 13.7. The minimum Gasteiger partial charge on any atom is -0.382 e. The number of nitrogens with zero attached hydrogens (tertiary/aromatic N) is 3. The van der Waals surface area contributed by atoms with Crippen LogP contribution in [-0.4, -0.2) is 31.7 Å². The summed E-state index contributed by atoms with van der Waals surface area (Å²) in [4.78, 5) is 0. The highest BCUT2D eigenvalue weighted by molar-refractivity contribution is 5.30. The summed E-state index contributed by atoms with van der Waals surface area (Å²) in [6, 6.07) is 9.09. The van der Waals surface area contributed by atoms with Crippen LogP contribution in [0.4, 0.5) is 0 Å². The molecule has 1 aromatic carbocycles. The maximum Gasteiger partial charge on any atom is 0.141 e. The molecule has 6 nitrogen and oxygen atoms in total. The fourth-order valence-electron chi connectivity index (χ4n) is 3.50. The van der Waals surface area contributed by atoms with Crippen molar-refractivity contribution in [1.29, 1.82) is 0 Å². The predicted octanol–water partition coefficient (Wildman–Crippen LogP) is 1.41. The van der Waals surface area contributed by atoms with E-state index in [0.717, 1.165) is 5.56 Å². The van der Waals surface area contributed by atoms with E-state index >= 15 is 0 Å². The number of hydrogen-bond acceptors (Lipinski definition) is 6. The van der Waals surface area contributed by atoms with Crippen LogP contribution >= 0.6 is 0 Å². The van der Waals surface area contributed by atoms with Gasteiger partial charge in [-0.25, -0.2) is 4.63 Å². The number of rotatable bonds is 1. The van der Waals surface area contributed by atoms with Gasteiger partial charge in [0.05, 0.1) is 12.1 Å². The first-order valence-corrected chi connectivity index (χ1v) is 6.76. The Hall–Kier alpha value is -1.76. The van der Waals surface area contributed by atoms with E-state index in [0.29, 0.717) is 30.7 Å². The van der Waals surface area contributed by atoms with Crippen molar-refractivity contribution in [2.24, 2.45) is 0 Å². The lowest BCUT2D eigenvalue weighted by atomic mass is 9.80. The Morgan fingerprint density at radius 2 is 2.05 bits per heavy atom. The maximum atomic E-state index is 11.0. The van der Waals surface area contributed by atoms with Crippen LogP contribution in [0.3, 0.4) is 0 Å². The standard InChI is InChI=1S/C14H15N3O3/c18-14-8-11(9-4-2-1-3-5-9)17(19)12(14)7-6-10-13(14)16-20-15-10/h1-5,11-12,18-19H,6-8H2/t11-,12-,14+/m1/s1. The quantitative estimate of drug-likeness (QED) is 0.817. The van der Waals surface area contributed by atoms with Gasteiger partial charge in [-0.3, -0.25) is 0 Å². The van der Waals surface area contributed by atoms with E-state index in [1.54, 1.807) is 0 Å². The number of aromatic nitrogens is 2. The van der Waals surface area contributed by atoms with Gasteiger partial charge in [-0.15, -0.1) is 0 Å². The molecule has 1 aromatic heterocycles. The second-order valence-electron chi connectivity index (χ2n) is 5.55. The number of benzene rings is 1. The second-order valence-corrected chi connectivity index (χ2v) is 5.55. The molecule has 0 bridgehead atoms. The summed E-state index contributed by atoms with van der Waals surface area (Å²) >= 11 is 0. The lowest BCUT2D eigenvalue weighted by Crippen LogP contribution is -2.45. The molecule has 1 aliphatic carbocycles. The van der Waals surface area contributed by atoms with Crippen LogP contribution < -0.4 is 0 Å². The van der Waals surface area contributed by atoms with E-state index in [1.165, 1.54) is 5.06 Å². The molecule has 0 spiro atoms. The van der Waals surface area contributed by atoms with Crippen LogP contribution in [0, 0.1) is 0 Å². The zero-order valence-corrected chi connectivity index (χ0v) is 10.8. The average Bonchev–Trinajstić information content (AvgIpc) is 3.04. The van der Waals surface area contributed by atoms with E-state index in [9.17, 15) is 10.3 Å². The van der Waals surface area contributed by atoms with E-state index in [-0.39, 0.29) is 12.1 Å². The van der Waals surface area contributed by atoms with Gasteiger partial charge in [0.2, 0.25) is 0 Å². The largest absolute Gasteiger partial charge is 0.382 e. The van der Waals surface area contributed by atoms with Crippen LogP contribution in [0.5, 0.6) is 0 Å². The Labute approximate surface area is 115 Å². The van der Waals surface area contributed by atoms with Crippen molar-refractivity contribution in [2.45, 2.75) is 36.9 Å². The summed E-state index contributed by atoms with van der Waals surface area (Å²) in [6.45, 7) is 0. The highest BCUT2D eigenvalue weighted by Gasteiger charge is 2.57. The van der Waals surface area contributed by atoms with Crippen LogP contribution in [-0.2, 0) is 12.0 Å². The van der Waals surface area contributed by atoms with E-state index in [2.05, 4.69) is 10.3 Å². The smallest absolute Gasteiger partial charge is 0.141 e. The number of aliphatic hydroxyl groups is 1. The summed E-state index contributed by atoms with van der Waals surface area (Å²) < 4.78 is 4.76. The fraction of sp³-hybridized carbons (Fsp3) is 0.429. The predicted molar refractivity (Wildman–Crippen MR) is 67.7 cm³/mol. The van der Waals surface area contributed by atoms with Crippen LogP contribution in [0.1, 0.15) is 35.8 Å². The Morgan fingerprint density at radius 1 is 1.25 bits per heavy atom. The van der Waals surface area contributed by atoms with Gasteiger partial charge < -0.3 is 10.3 Å². The number of hydrogen-bond donors (Lipinski definition) is 2. The van der Waals surface area contributed by atoms with Gasteiger partial charge in [0.1, 0.15) is 17.0 Å². The molecule has 104 valence electrons. The summed E-state index contributed by atoms with van der Waals surface area (Å²) in [5, 5.41) is 30.4. The van der Waals surface area contributed by atoms with E-state index in [1.807, 2.05) is 30.3 Å². The molecule has 0 unspecified atom stereocenters. The third-order valence-electron chi connectivity index (χ3n) is 4.50. The van der Waals surface area contributed by atoms with Crippen molar-refractivity contribution in [3.8, 4) is 0 Å². The fourth-order valence-corrected chi connectivity index (χ4v) is 3.50. The monoisotopic (exact) mass is 273 g/mol. The first kappa shape index (κ1) is 12.0. The van der Waals surface area contributed by atoms with Crippen molar-refractivity contribution < 1.29 is 14.9 Å². The molecule has 3 atom stereocenters. The van der Waals surface area contributed by atoms with Crippen molar-refractivity contribution in [1.82, 2.24) is 15.4 Å². The zero-order valence-electron chi connectivity index (χ0n) is 10.8. The Morgan fingerprint density at radius 3 is 2.85 bits per heavy atom. The molecule has 2 aliphatic rings. The minimum atomic E-state index is -1.19. The van der Waals surface area contributed by atoms with Crippen molar-refractivity contribution in [2.75, 3.05) is 0 Å². The van der Waals surface area contributed by atoms with Gasteiger partial charge in [0.25, 0.3) is 0 Å². The molecule has 1 aliphatic heterocycles. The van der Waals surface area contributed by atoms with Gasteiger partial charge in [0.15, 0.2) is 0 Å². The van der Waals surface area contributed by atoms with Crippen molar-refractivity contribution in [3.05, 3.63) is 47.3 Å². The first-order valence-electron chi connectivity index (χ1n) is 6.76. The van der Waals surface area contributed by atoms with Crippen molar-refractivity contribution in [3.63, 3.8) is 0 Å². The number of fused-ring (bicyclic) bond motifs is 3. The lowest BCUT2D eigenvalue weighted by molar-refractivity contribution is -0.163. The number of hydroxylamine groups is 2. The maximum absolute atomic E-state index is 11.0. The van der Waals surface area contributed by atoms with Gasteiger partial charge in [-0.05, 0) is 18.4 Å². The summed E-state index contributed by atoms with van der Waals surface area (Å²) in [5.74, 6) is 0. The van der Waals surface area contributed by atoms with Crippen LogP contribution in [0.15, 0.2) is 35.0 Å². The van der Waals surface area contributed by atoms with Crippen LogP contribution in [0.2, 0.25) is 0 Å². The normalized spacial score (nSPS) is 32.9. The lowest BCUT2D eigenvalue weighted by Gasteiger charge is -2.33. The Bertz CT molecular complexity index is 630. The highest BCUT2D eigenvalue weighted by Crippen LogP contribution is 2.50. The van der Waals surface area contributed by atoms with Gasteiger partial charge >= 0.3 is 0 Å². The van der Waals surface area contributed by atoms with E-state index in [4.69, 9.17) is 4.63 Å². The second kappa shape index (κ2) is 4.12. The molecule has 0 amide bonds. The topological polar surface area (TPSA) is 82.6 Å². The third-order valence-corrected chi connectivity index (χ3v) is 4.50. The summed E-state index contributed by atoms with van der Waals surface area (Å²) in [5.41, 5.74) is 0.968. The van der Waals surface area contributed by atoms with Gasteiger partial charge in [0, 0.05) is 6.42 Å². The minimum absolute atomic E-state index is 0.242. The first-order chi connectivity index (χ1) is 9.70. The molecule has 4 rings (SSSR count). The molecule has 0 saturated carbocycles. The Balaban J connectivity index is 1.76. The molecular weight excluding hydrogens is 258 g/mol. The number of aryl methyl sites for hydroxylation is 1. The molecular formula is C14H15N3O3. The molecule has 1 fully saturated rings. The van der Waals surface area contributed by atoms with Gasteiger partial charge in [-0.2, -0.15) is 5.06 Å². The molecule has 2 heterocycles. The SMILES string of the molecule is ON1[C@@H](c2ccccc2)C[C@@]2(O)c3nonc3CC[C@@H]12. The van der Waals surface area contributed by atoms with Gasteiger partial charge in [-0.1, -0.05) is 40.6 Å². The highest BCUT2D eigenvalue weighted by atomic mass is 16.6. The summed E-state index contributed by atoms with van der Waals surface area (Å²) in [7, 11) is 0. The van der Waals surface area contributed by atoms with E-state index < -0.39 is 5.60 Å². The molecule has 6 heteroatoms. The van der Waals surface area contributed by atoms with Crippen molar-refractivity contribution >= 4 is 0 Å². The Kier molecular flexibility index (Phi) is 2.47. The summed E-state index contributed by atoms with van der Waals surface area (Å²) in [6.07, 6.45) is 1.68.